The highest BCUT2D eigenvalue weighted by atomic mass is 16.8. The average Bonchev–Trinajstić information content (AvgIpc) is 1.71. The van der Waals surface area contributed by atoms with E-state index in [4.69, 9.17) is 53.1 Å². The molecule has 25 N–H and O–H groups in total. The average molecular weight is 1750 g/mol. The molecule has 51 heteroatoms. The summed E-state index contributed by atoms with van der Waals surface area (Å²) in [5.41, 5.74) is 5.67. The van der Waals surface area contributed by atoms with Gasteiger partial charge in [0.2, 0.25) is 70.9 Å². The number of hydrogen-bond donors (Lipinski definition) is 24. The molecule has 6 fully saturated rings. The van der Waals surface area contributed by atoms with Crippen molar-refractivity contribution in [2.24, 2.45) is 5.73 Å². The monoisotopic (exact) mass is 1750 g/mol. The Balaban J connectivity index is 1.05. The van der Waals surface area contributed by atoms with Crippen LogP contribution >= 0.6 is 0 Å². The molecule has 6 aliphatic heterocycles. The van der Waals surface area contributed by atoms with Gasteiger partial charge in [-0.2, -0.15) is 0 Å². The summed E-state index contributed by atoms with van der Waals surface area (Å²) in [5, 5.41) is 141. The third kappa shape index (κ3) is 28.7. The Morgan fingerprint density at radius 2 is 0.697 bits per heavy atom. The van der Waals surface area contributed by atoms with Gasteiger partial charge in [-0.15, -0.1) is 0 Å². The summed E-state index contributed by atoms with van der Waals surface area (Å²) in [6.45, 7) is 8.25. The van der Waals surface area contributed by atoms with Crippen molar-refractivity contribution in [3.05, 3.63) is 0 Å². The van der Waals surface area contributed by atoms with Gasteiger partial charge in [-0.3, -0.25) is 67.1 Å². The van der Waals surface area contributed by atoms with Crippen molar-refractivity contribution in [3.8, 4) is 0 Å². The maximum atomic E-state index is 14.0. The minimum atomic E-state index is -1.89. The van der Waals surface area contributed by atoms with Crippen molar-refractivity contribution in [2.75, 3.05) is 26.4 Å². The molecule has 6 saturated heterocycles. The van der Waals surface area contributed by atoms with Gasteiger partial charge in [0.25, 0.3) is 0 Å². The number of amides is 12. The first-order valence-electron chi connectivity index (χ1n) is 39.1. The van der Waals surface area contributed by atoms with Crippen LogP contribution in [-0.4, -0.2) is 372 Å². The minimum absolute atomic E-state index is 0.191. The lowest BCUT2D eigenvalue weighted by Gasteiger charge is -2.47. The number of rotatable bonds is 47. The third-order valence-electron chi connectivity index (χ3n) is 20.4. The Morgan fingerprint density at radius 1 is 0.369 bits per heavy atom. The normalized spacial score (nSPS) is 29.8. The van der Waals surface area contributed by atoms with Crippen LogP contribution in [0.3, 0.4) is 0 Å². The van der Waals surface area contributed by atoms with Crippen LogP contribution in [0.15, 0.2) is 0 Å². The Hall–Kier alpha value is -9.69. The van der Waals surface area contributed by atoms with Gasteiger partial charge in [0.15, 0.2) is 25.2 Å². The summed E-state index contributed by atoms with van der Waals surface area (Å²) in [6, 6.07) is -20.7. The van der Waals surface area contributed by atoms with Gasteiger partial charge in [-0.25, -0.2) is 14.4 Å². The van der Waals surface area contributed by atoms with E-state index in [1.54, 1.807) is 0 Å². The fraction of sp³-hybridized carbons (Fsp3) is 0.761. The SMILES string of the molecule is CC(=O)NC1C(OC2C3COC(O3)C(NC(C)=O)C2OC(C)C(=O)NC(C)C(=O)NC(CCC(=O)NC(CCCC(NC(=O)C(CCCC(N)C(=O)O)NC(=O)CCC(NC(=O)C(C)NC(=O)C(C)OC2C(NC(C)=O)C3OCC(O3)C2OC2OC(CO)C(O)C(O)C2NC(C)=O)C(=O)O)C(=O)O)C(=O)NC(C)C(=O)O)C(=O)O)OC(CO)C(O)C1O. The number of nitrogens with one attached hydrogen (secondary N) is 12. The summed E-state index contributed by atoms with van der Waals surface area (Å²) in [7, 11) is 0. The van der Waals surface area contributed by atoms with E-state index >= 15 is 0 Å². The van der Waals surface area contributed by atoms with E-state index < -0.39 is 354 Å². The molecule has 0 aromatic rings. The number of aliphatic hydroxyl groups is 6. The molecule has 0 aliphatic carbocycles. The molecule has 31 unspecified atom stereocenters. The second kappa shape index (κ2) is 46.7. The molecule has 0 aromatic heterocycles. The summed E-state index contributed by atoms with van der Waals surface area (Å²) >= 11 is 0. The third-order valence-corrected chi connectivity index (χ3v) is 20.4. The highest BCUT2D eigenvalue weighted by Crippen LogP contribution is 2.38. The van der Waals surface area contributed by atoms with Crippen LogP contribution in [0.5, 0.6) is 0 Å². The van der Waals surface area contributed by atoms with Gasteiger partial charge in [-0.05, 0) is 86.0 Å². The highest BCUT2D eigenvalue weighted by molar-refractivity contribution is 5.94. The van der Waals surface area contributed by atoms with E-state index in [1.807, 2.05) is 0 Å². The van der Waals surface area contributed by atoms with E-state index in [0.29, 0.717) is 0 Å². The van der Waals surface area contributed by atoms with Crippen LogP contribution < -0.4 is 69.5 Å². The smallest absolute Gasteiger partial charge is 0.326 e. The first kappa shape index (κ1) is 101. The molecule has 122 heavy (non-hydrogen) atoms. The van der Waals surface area contributed by atoms with E-state index in [0.717, 1.165) is 48.5 Å². The second-order valence-electron chi connectivity index (χ2n) is 30.1. The zero-order chi connectivity index (χ0) is 91.2. The molecule has 0 saturated carbocycles. The van der Waals surface area contributed by atoms with Crippen molar-refractivity contribution in [1.82, 2.24) is 63.8 Å². The van der Waals surface area contributed by atoms with Gasteiger partial charge in [-0.1, -0.05) is 0 Å². The lowest BCUT2D eigenvalue weighted by Crippen LogP contribution is -2.68. The van der Waals surface area contributed by atoms with Crippen LogP contribution in [-0.2, 0) is 129 Å². The standard InChI is InChI=1S/C71H111N13O38/c1-24(73-59(99)27(4)115-55-47(78-31(8)89)68-113-22-41(119-68)53(55)121-70-45(76-29(6)87)51(95)49(93)39(20-85)117-70)57(97)82-37(66(109)110)16-18-43(91)80-34(61(101)75-26(3)63(103)104)14-11-15-36(65(107)108)84-62(102)35(13-10-12-33(72)64(105)106)81-44(92)19-17-38(67(111)112)83-58(98)25(2)74-60(100)28(5)116-56-48(79-32(9)90)69-114-23-42(120-69)54(56)122-71-46(77-30(7)88)52(96)50(94)40(21-86)118-71/h24-28,33-42,45-56,68-71,85-86,93-96H,10-23,72H2,1-9H3,(H,73,99)(H,74,100)(H,75,101)(H,76,87)(H,77,88)(H,78,89)(H,79,90)(H,80,91)(H,81,92)(H,82,97)(H,83,98)(H,84,102)(H,103,104)(H,105,106)(H,107,108)(H,109,110)(H,111,112). The summed E-state index contributed by atoms with van der Waals surface area (Å²) in [4.78, 5) is 220. The Morgan fingerprint density at radius 3 is 1.04 bits per heavy atom. The molecule has 6 aliphatic rings. The van der Waals surface area contributed by atoms with Gasteiger partial charge < -0.3 is 173 Å². The molecular formula is C71H111N13O38. The highest BCUT2D eigenvalue weighted by Gasteiger charge is 2.59. The number of carbonyl (C=O) groups excluding carboxylic acids is 12. The zero-order valence-electron chi connectivity index (χ0n) is 67.8. The van der Waals surface area contributed by atoms with Crippen molar-refractivity contribution in [3.63, 3.8) is 0 Å². The topological polar surface area (TPSA) is 775 Å². The Labute approximate surface area is 695 Å². The van der Waals surface area contributed by atoms with E-state index in [1.165, 1.54) is 13.8 Å². The van der Waals surface area contributed by atoms with Gasteiger partial charge in [0.05, 0.1) is 26.4 Å². The van der Waals surface area contributed by atoms with Gasteiger partial charge >= 0.3 is 29.8 Å². The molecule has 0 spiro atoms. The molecule has 6 heterocycles. The molecule has 6 rings (SSSR count). The summed E-state index contributed by atoms with van der Waals surface area (Å²) in [6.07, 6.45) is -31.6. The molecule has 31 atom stereocenters. The van der Waals surface area contributed by atoms with Crippen LogP contribution in [0.4, 0.5) is 0 Å². The van der Waals surface area contributed by atoms with Crippen LogP contribution in [0.1, 0.15) is 127 Å². The molecule has 12 amide bonds. The van der Waals surface area contributed by atoms with Gasteiger partial charge in [0.1, 0.15) is 164 Å². The fourth-order valence-electron chi connectivity index (χ4n) is 13.9. The number of carboxylic acids is 5. The lowest BCUT2D eigenvalue weighted by molar-refractivity contribution is -0.313. The van der Waals surface area contributed by atoms with Crippen molar-refractivity contribution in [2.45, 2.75) is 316 Å². The number of aliphatic hydroxyl groups excluding tert-OH is 6. The number of aliphatic carboxylic acids is 5. The Kier molecular flexibility index (Phi) is 38.7. The first-order valence-corrected chi connectivity index (χ1v) is 39.1. The zero-order valence-corrected chi connectivity index (χ0v) is 67.8. The molecule has 0 aromatic carbocycles. The molecule has 4 bridgehead atoms. The van der Waals surface area contributed by atoms with E-state index in [-0.39, 0.29) is 26.1 Å². The van der Waals surface area contributed by atoms with Crippen molar-refractivity contribution < 1.29 is 185 Å². The predicted octanol–water partition coefficient (Wildman–Crippen LogP) is -11.7. The molecule has 51 nitrogen and oxygen atoms in total. The number of nitrogens with two attached hydrogens (primary N) is 1. The lowest BCUT2D eigenvalue weighted by atomic mass is 9.95. The largest absolute Gasteiger partial charge is 0.480 e. The van der Waals surface area contributed by atoms with Crippen LogP contribution in [0, 0.1) is 0 Å². The molecule has 688 valence electrons. The minimum Gasteiger partial charge on any atom is -0.480 e. The fourth-order valence-corrected chi connectivity index (χ4v) is 13.9. The first-order chi connectivity index (χ1) is 57.2. The second-order valence-corrected chi connectivity index (χ2v) is 30.1. The maximum Gasteiger partial charge on any atom is 0.326 e. The van der Waals surface area contributed by atoms with Crippen molar-refractivity contribution in [1.29, 1.82) is 0 Å². The maximum absolute atomic E-state index is 14.0. The summed E-state index contributed by atoms with van der Waals surface area (Å²) in [5.74, 6) is -19.6. The number of ether oxygens (including phenoxy) is 10. The number of hydrogen-bond acceptors (Lipinski definition) is 34. The van der Waals surface area contributed by atoms with Crippen molar-refractivity contribution >= 4 is 101 Å². The molecule has 0 radical (unpaired) electrons. The molecular weight excluding hydrogens is 1640 g/mol. The Bertz CT molecular complexity index is 3720. The number of carbonyl (C=O) groups is 17. The van der Waals surface area contributed by atoms with Gasteiger partial charge in [0, 0.05) is 40.5 Å². The quantitative estimate of drug-likeness (QED) is 0.0269. The van der Waals surface area contributed by atoms with Crippen LogP contribution in [0.2, 0.25) is 0 Å². The van der Waals surface area contributed by atoms with E-state index in [2.05, 4.69) is 63.8 Å². The number of carboxylic acid groups (broad SMARTS) is 5. The number of fused-ring (bicyclic) bond motifs is 4. The van der Waals surface area contributed by atoms with E-state index in [9.17, 15) is 138 Å². The summed E-state index contributed by atoms with van der Waals surface area (Å²) < 4.78 is 59.6. The predicted molar refractivity (Wildman–Crippen MR) is 398 cm³/mol. The van der Waals surface area contributed by atoms with Crippen LogP contribution in [0.25, 0.3) is 0 Å².